The van der Waals surface area contributed by atoms with Gasteiger partial charge in [-0.1, -0.05) is 30.3 Å². The predicted octanol–water partition coefficient (Wildman–Crippen LogP) is 7.08. The molecule has 3 nitrogen and oxygen atoms in total. The Labute approximate surface area is 222 Å². The largest absolute Gasteiger partial charge is 0.311 e. The Morgan fingerprint density at radius 3 is 2.36 bits per heavy atom. The van der Waals surface area contributed by atoms with Crippen LogP contribution in [-0.2, 0) is 0 Å². The van der Waals surface area contributed by atoms with Crippen molar-refractivity contribution in [3.05, 3.63) is 49.1 Å². The summed E-state index contributed by atoms with van der Waals surface area (Å²) in [5, 5.41) is 2.85. The van der Waals surface area contributed by atoms with E-state index in [-0.39, 0.29) is 0 Å². The summed E-state index contributed by atoms with van der Waals surface area (Å²) in [6, 6.07) is 14.3. The zero-order valence-electron chi connectivity index (χ0n) is 22.1. The molecule has 4 aliphatic carbocycles. The molecule has 1 saturated heterocycles. The van der Waals surface area contributed by atoms with Crippen molar-refractivity contribution in [3.8, 4) is 0 Å². The third-order valence-electron chi connectivity index (χ3n) is 10.6. The number of hydrogen-bond donors (Lipinski definition) is 0. The molecule has 0 radical (unpaired) electrons. The molecule has 4 heteroatoms. The Balaban J connectivity index is 1.01. The van der Waals surface area contributed by atoms with E-state index >= 15 is 0 Å². The molecule has 4 saturated carbocycles. The van der Waals surface area contributed by atoms with Crippen LogP contribution in [0.2, 0.25) is 0 Å². The van der Waals surface area contributed by atoms with Crippen LogP contribution in [0, 0.1) is 29.1 Å². The average molecular weight is 502 g/mol. The molecule has 0 aromatic heterocycles. The highest BCUT2D eigenvalue weighted by atomic mass is 32.2. The lowest BCUT2D eigenvalue weighted by Gasteiger charge is -2.61. The highest BCUT2D eigenvalue weighted by Gasteiger charge is 2.55. The van der Waals surface area contributed by atoms with Crippen molar-refractivity contribution >= 4 is 28.4 Å². The molecule has 1 atom stereocenters. The molecule has 0 N–H and O–H groups in total. The predicted molar refractivity (Wildman–Crippen MR) is 154 cm³/mol. The number of nitrogens with zero attached hydrogens (tertiary/aromatic N) is 3. The minimum absolute atomic E-state index is 0.569. The minimum atomic E-state index is 0.569. The summed E-state index contributed by atoms with van der Waals surface area (Å²) in [6.07, 6.45) is 13.9. The highest BCUT2D eigenvalue weighted by Crippen LogP contribution is 2.62. The quantitative estimate of drug-likeness (QED) is 0.282. The summed E-state index contributed by atoms with van der Waals surface area (Å²) in [5.41, 5.74) is 2.00. The van der Waals surface area contributed by atoms with E-state index in [1.165, 1.54) is 98.9 Å². The number of likely N-dealkylation sites (N-methyl/N-ethyl adjacent to an activating group) is 1. The summed E-state index contributed by atoms with van der Waals surface area (Å²) >= 11 is 1.96. The fourth-order valence-corrected chi connectivity index (χ4v) is 10.6. The monoisotopic (exact) mass is 501 g/mol. The van der Waals surface area contributed by atoms with Crippen LogP contribution in [0.25, 0.3) is 10.8 Å². The van der Waals surface area contributed by atoms with Crippen molar-refractivity contribution in [2.45, 2.75) is 62.3 Å². The molecular weight excluding hydrogens is 458 g/mol. The number of likely N-dealkylation sites (tertiary alicyclic amines) is 1. The van der Waals surface area contributed by atoms with Crippen molar-refractivity contribution in [2.24, 2.45) is 29.1 Å². The van der Waals surface area contributed by atoms with Gasteiger partial charge in [-0.15, -0.1) is 6.58 Å². The maximum Gasteiger partial charge on any atom is 0.0563 e. The van der Waals surface area contributed by atoms with Gasteiger partial charge in [0.1, 0.15) is 0 Å². The van der Waals surface area contributed by atoms with Crippen molar-refractivity contribution in [2.75, 3.05) is 44.1 Å². The van der Waals surface area contributed by atoms with Gasteiger partial charge in [-0.3, -0.25) is 4.90 Å². The zero-order chi connectivity index (χ0) is 24.3. The fourth-order valence-electron chi connectivity index (χ4n) is 9.42. The Morgan fingerprint density at radius 1 is 1.03 bits per heavy atom. The van der Waals surface area contributed by atoms with E-state index in [1.54, 1.807) is 0 Å². The molecule has 0 amide bonds. The summed E-state index contributed by atoms with van der Waals surface area (Å²) in [7, 11) is 2.39. The molecular formula is C32H43N3S. The van der Waals surface area contributed by atoms with Gasteiger partial charge < -0.3 is 9.21 Å². The Morgan fingerprint density at radius 2 is 1.69 bits per heavy atom. The molecule has 2 aromatic rings. The Hall–Kier alpha value is -1.49. The van der Waals surface area contributed by atoms with Crippen LogP contribution in [0.4, 0.5) is 5.69 Å². The first-order chi connectivity index (χ1) is 17.6. The number of hydrogen-bond acceptors (Lipinski definition) is 4. The van der Waals surface area contributed by atoms with Crippen molar-refractivity contribution < 1.29 is 0 Å². The summed E-state index contributed by atoms with van der Waals surface area (Å²) in [6.45, 7) is 10.1. The molecule has 0 unspecified atom stereocenters. The molecule has 192 valence electrons. The Kier molecular flexibility index (Phi) is 6.14. The van der Waals surface area contributed by atoms with E-state index in [4.69, 9.17) is 0 Å². The Bertz CT molecular complexity index is 1080. The second-order valence-electron chi connectivity index (χ2n) is 13.1. The SMILES string of the molecule is C=CCN(C)[C@@H](CN1CCC(CN2Sc3cccc4cccc2c34)CC1)C12CC3CC(CC(C3)C1)C2. The van der Waals surface area contributed by atoms with Crippen LogP contribution in [0.3, 0.4) is 0 Å². The molecule has 2 aromatic carbocycles. The topological polar surface area (TPSA) is 9.72 Å². The van der Waals surface area contributed by atoms with E-state index < -0.39 is 0 Å². The molecule has 8 rings (SSSR count). The van der Waals surface area contributed by atoms with E-state index in [1.807, 2.05) is 11.9 Å². The van der Waals surface area contributed by atoms with Crippen molar-refractivity contribution in [1.82, 2.24) is 9.80 Å². The zero-order valence-corrected chi connectivity index (χ0v) is 22.9. The lowest BCUT2D eigenvalue weighted by molar-refractivity contribution is -0.103. The third kappa shape index (κ3) is 4.12. The number of anilines is 1. The maximum atomic E-state index is 4.10. The van der Waals surface area contributed by atoms with Crippen LogP contribution in [0.15, 0.2) is 53.9 Å². The second-order valence-corrected chi connectivity index (χ2v) is 14.1. The molecule has 5 fully saturated rings. The van der Waals surface area contributed by atoms with E-state index in [9.17, 15) is 0 Å². The molecule has 2 heterocycles. The molecule has 6 aliphatic rings. The van der Waals surface area contributed by atoms with Crippen LogP contribution in [-0.4, -0.2) is 55.6 Å². The van der Waals surface area contributed by atoms with E-state index in [2.05, 4.69) is 70.2 Å². The van der Waals surface area contributed by atoms with Gasteiger partial charge in [0.2, 0.25) is 0 Å². The van der Waals surface area contributed by atoms with Gasteiger partial charge in [0.15, 0.2) is 0 Å². The van der Waals surface area contributed by atoms with Crippen LogP contribution < -0.4 is 4.31 Å². The van der Waals surface area contributed by atoms with Crippen LogP contribution in [0.1, 0.15) is 51.4 Å². The average Bonchev–Trinajstić information content (AvgIpc) is 3.22. The summed E-state index contributed by atoms with van der Waals surface area (Å²) in [4.78, 5) is 6.96. The minimum Gasteiger partial charge on any atom is -0.311 e. The first-order valence-electron chi connectivity index (χ1n) is 14.6. The molecule has 0 spiro atoms. The van der Waals surface area contributed by atoms with Gasteiger partial charge >= 0.3 is 0 Å². The number of benzene rings is 2. The molecule has 4 bridgehead atoms. The standard InChI is InChI=1S/C32H43N3S/c1-3-12-33(2)30(32-18-24-15-25(19-32)17-26(16-24)20-32)22-34-13-10-23(11-14-34)21-35-28-8-4-6-27-7-5-9-29(36-35)31(27)28/h3-9,23-26,30H,1,10-22H2,2H3/t24?,25?,26?,30-,32?/m0/s1. The van der Waals surface area contributed by atoms with Gasteiger partial charge in [-0.25, -0.2) is 0 Å². The van der Waals surface area contributed by atoms with Crippen molar-refractivity contribution in [1.29, 1.82) is 0 Å². The van der Waals surface area contributed by atoms with Crippen LogP contribution >= 0.6 is 11.9 Å². The summed E-state index contributed by atoms with van der Waals surface area (Å²) < 4.78 is 2.59. The van der Waals surface area contributed by atoms with E-state index in [0.717, 1.165) is 30.2 Å². The van der Waals surface area contributed by atoms with Gasteiger partial charge in [0, 0.05) is 36.0 Å². The van der Waals surface area contributed by atoms with Gasteiger partial charge in [0.05, 0.1) is 5.69 Å². The fraction of sp³-hybridized carbons (Fsp3) is 0.625. The molecule has 36 heavy (non-hydrogen) atoms. The van der Waals surface area contributed by atoms with Crippen molar-refractivity contribution in [3.63, 3.8) is 0 Å². The normalized spacial score (nSPS) is 32.6. The maximum absolute atomic E-state index is 4.10. The molecule has 2 aliphatic heterocycles. The lowest BCUT2D eigenvalue weighted by atomic mass is 9.47. The second kappa shape index (κ2) is 9.36. The van der Waals surface area contributed by atoms with E-state index in [0.29, 0.717) is 11.5 Å². The smallest absolute Gasteiger partial charge is 0.0563 e. The number of rotatable bonds is 8. The first-order valence-corrected chi connectivity index (χ1v) is 15.4. The summed E-state index contributed by atoms with van der Waals surface area (Å²) in [5.74, 6) is 3.86. The number of piperidine rings is 1. The lowest BCUT2D eigenvalue weighted by Crippen LogP contribution is -2.60. The van der Waals surface area contributed by atoms with Crippen LogP contribution in [0.5, 0.6) is 0 Å². The van der Waals surface area contributed by atoms with Gasteiger partial charge in [-0.2, -0.15) is 0 Å². The van der Waals surface area contributed by atoms with Gasteiger partial charge in [0.25, 0.3) is 0 Å². The first kappa shape index (κ1) is 23.6. The third-order valence-corrected chi connectivity index (χ3v) is 11.7. The highest BCUT2D eigenvalue weighted by molar-refractivity contribution is 8.01. The van der Waals surface area contributed by atoms with Gasteiger partial charge in [-0.05, 0) is 130 Å².